The van der Waals surface area contributed by atoms with Crippen molar-refractivity contribution < 1.29 is 27.5 Å². The first-order valence-corrected chi connectivity index (χ1v) is 10.3. The number of alkyl halides is 3. The third-order valence-electron chi connectivity index (χ3n) is 5.83. The molecule has 0 radical (unpaired) electrons. The van der Waals surface area contributed by atoms with Crippen LogP contribution in [0.15, 0.2) is 24.3 Å². The Morgan fingerprint density at radius 1 is 1.10 bits per heavy atom. The van der Waals surface area contributed by atoms with E-state index >= 15 is 0 Å². The van der Waals surface area contributed by atoms with Gasteiger partial charge in [-0.2, -0.15) is 0 Å². The van der Waals surface area contributed by atoms with E-state index in [0.717, 1.165) is 37.6 Å². The summed E-state index contributed by atoms with van der Waals surface area (Å²) in [4.78, 5) is 28.4. The number of nitrogens with one attached hydrogen (secondary N) is 1. The number of likely N-dealkylation sites (tertiary alicyclic amines) is 1. The topological polar surface area (TPSA) is 61.9 Å². The molecule has 1 aromatic rings. The predicted molar refractivity (Wildman–Crippen MR) is 106 cm³/mol. The van der Waals surface area contributed by atoms with Gasteiger partial charge in [0.1, 0.15) is 5.75 Å². The van der Waals surface area contributed by atoms with Crippen LogP contribution in [0.5, 0.6) is 5.75 Å². The predicted octanol–water partition coefficient (Wildman–Crippen LogP) is 3.49. The number of nitrogens with zero attached hydrogens (tertiary/aromatic N) is 2. The van der Waals surface area contributed by atoms with Gasteiger partial charge >= 0.3 is 6.36 Å². The summed E-state index contributed by atoms with van der Waals surface area (Å²) >= 11 is 0. The minimum Gasteiger partial charge on any atom is -0.406 e. The Morgan fingerprint density at radius 3 is 2.43 bits per heavy atom. The Hall–Kier alpha value is -2.29. The van der Waals surface area contributed by atoms with Crippen LogP contribution < -0.4 is 10.1 Å². The first-order valence-electron chi connectivity index (χ1n) is 10.3. The monoisotopic (exact) mass is 427 g/mol. The first kappa shape index (κ1) is 22.4. The maximum absolute atomic E-state index is 12.6. The molecule has 166 valence electrons. The molecule has 0 unspecified atom stereocenters. The fraction of sp³-hybridized carbons (Fsp3) is 0.619. The molecule has 0 aromatic heterocycles. The summed E-state index contributed by atoms with van der Waals surface area (Å²) in [7, 11) is 1.70. The lowest BCUT2D eigenvalue weighted by molar-refractivity contribution is -0.274. The quantitative estimate of drug-likeness (QED) is 0.755. The van der Waals surface area contributed by atoms with Crippen molar-refractivity contribution in [3.05, 3.63) is 24.3 Å². The maximum Gasteiger partial charge on any atom is 0.573 e. The van der Waals surface area contributed by atoms with Crippen LogP contribution in [0.2, 0.25) is 0 Å². The standard InChI is InChI=1S/C21H28F3N3O3/c1-26(14-20(29)27-11-10-15-4-2-3-5-16(15)12-27)13-19(28)25-17-6-8-18(9-7-17)30-21(22,23)24/h6-9,15-16H,2-5,10-14H2,1H3,(H,25,28)/t15-,16+/m0/s1. The molecule has 2 aliphatic rings. The summed E-state index contributed by atoms with van der Waals surface area (Å²) in [6.45, 7) is 1.76. The molecule has 1 saturated heterocycles. The highest BCUT2D eigenvalue weighted by molar-refractivity contribution is 5.92. The van der Waals surface area contributed by atoms with Gasteiger partial charge in [-0.15, -0.1) is 13.2 Å². The second-order valence-electron chi connectivity index (χ2n) is 8.23. The average Bonchev–Trinajstić information content (AvgIpc) is 2.67. The van der Waals surface area contributed by atoms with E-state index in [0.29, 0.717) is 11.6 Å². The molecule has 2 fully saturated rings. The Bertz CT molecular complexity index is 739. The molecule has 1 aromatic carbocycles. The average molecular weight is 427 g/mol. The molecule has 1 aliphatic carbocycles. The Kier molecular flexibility index (Phi) is 7.23. The summed E-state index contributed by atoms with van der Waals surface area (Å²) in [6, 6.07) is 4.92. The van der Waals surface area contributed by atoms with Crippen LogP contribution >= 0.6 is 0 Å². The van der Waals surface area contributed by atoms with Crippen molar-refractivity contribution in [3.8, 4) is 5.75 Å². The van der Waals surface area contributed by atoms with Crippen LogP contribution in [0.3, 0.4) is 0 Å². The number of amides is 2. The molecule has 2 amide bonds. The zero-order chi connectivity index (χ0) is 21.7. The number of likely N-dealkylation sites (N-methyl/N-ethyl adjacent to an activating group) is 1. The Balaban J connectivity index is 1.42. The second kappa shape index (κ2) is 9.68. The van der Waals surface area contributed by atoms with Crippen molar-refractivity contribution in [2.24, 2.45) is 11.8 Å². The van der Waals surface area contributed by atoms with Crippen LogP contribution in [0.25, 0.3) is 0 Å². The van der Waals surface area contributed by atoms with E-state index in [9.17, 15) is 22.8 Å². The number of fused-ring (bicyclic) bond motifs is 1. The number of ether oxygens (including phenoxy) is 1. The molecule has 3 rings (SSSR count). The van der Waals surface area contributed by atoms with Gasteiger partial charge in [0.05, 0.1) is 13.1 Å². The van der Waals surface area contributed by atoms with E-state index in [1.54, 1.807) is 11.9 Å². The van der Waals surface area contributed by atoms with Gasteiger partial charge in [-0.05, 0) is 56.0 Å². The molecule has 1 N–H and O–H groups in total. The van der Waals surface area contributed by atoms with Crippen LogP contribution in [-0.2, 0) is 9.59 Å². The molecule has 6 nitrogen and oxygen atoms in total. The second-order valence-corrected chi connectivity index (χ2v) is 8.23. The fourth-order valence-corrected chi connectivity index (χ4v) is 4.40. The van der Waals surface area contributed by atoms with E-state index in [2.05, 4.69) is 10.1 Å². The number of hydrogen-bond acceptors (Lipinski definition) is 4. The van der Waals surface area contributed by atoms with Crippen molar-refractivity contribution in [3.63, 3.8) is 0 Å². The summed E-state index contributed by atoms with van der Waals surface area (Å²) in [5.41, 5.74) is 0.355. The van der Waals surface area contributed by atoms with Crippen LogP contribution in [0, 0.1) is 11.8 Å². The number of halogens is 3. The molecular weight excluding hydrogens is 399 g/mol. The number of anilines is 1. The lowest BCUT2D eigenvalue weighted by Crippen LogP contribution is -2.48. The van der Waals surface area contributed by atoms with E-state index < -0.39 is 6.36 Å². The lowest BCUT2D eigenvalue weighted by Gasteiger charge is -2.41. The van der Waals surface area contributed by atoms with Crippen LogP contribution in [0.4, 0.5) is 18.9 Å². The highest BCUT2D eigenvalue weighted by Crippen LogP contribution is 2.36. The van der Waals surface area contributed by atoms with Gasteiger partial charge in [0.15, 0.2) is 0 Å². The highest BCUT2D eigenvalue weighted by atomic mass is 19.4. The van der Waals surface area contributed by atoms with E-state index in [-0.39, 0.29) is 30.7 Å². The molecular formula is C21H28F3N3O3. The first-order chi connectivity index (χ1) is 14.2. The van der Waals surface area contributed by atoms with Crippen molar-refractivity contribution in [2.45, 2.75) is 38.5 Å². The molecule has 0 spiro atoms. The van der Waals surface area contributed by atoms with Crippen molar-refractivity contribution in [1.82, 2.24) is 9.80 Å². The van der Waals surface area contributed by atoms with Gasteiger partial charge in [0.25, 0.3) is 0 Å². The largest absolute Gasteiger partial charge is 0.573 e. The number of carbonyl (C=O) groups excluding carboxylic acids is 2. The van der Waals surface area contributed by atoms with Gasteiger partial charge in [-0.3, -0.25) is 14.5 Å². The number of rotatable bonds is 6. The minimum atomic E-state index is -4.76. The Labute approximate surface area is 174 Å². The molecule has 1 aliphatic heterocycles. The molecule has 2 atom stereocenters. The van der Waals surface area contributed by atoms with Gasteiger partial charge in [0, 0.05) is 18.8 Å². The minimum absolute atomic E-state index is 0.00639. The number of benzene rings is 1. The molecule has 0 bridgehead atoms. The lowest BCUT2D eigenvalue weighted by atomic mass is 9.75. The van der Waals surface area contributed by atoms with Gasteiger partial charge in [0.2, 0.25) is 11.8 Å². The summed E-state index contributed by atoms with van der Waals surface area (Å²) in [5.74, 6) is 0.683. The highest BCUT2D eigenvalue weighted by Gasteiger charge is 2.33. The molecule has 9 heteroatoms. The van der Waals surface area contributed by atoms with Crippen molar-refractivity contribution in [1.29, 1.82) is 0 Å². The third-order valence-corrected chi connectivity index (χ3v) is 5.83. The van der Waals surface area contributed by atoms with Crippen LogP contribution in [-0.4, -0.2) is 61.2 Å². The summed E-state index contributed by atoms with van der Waals surface area (Å²) in [6.07, 6.45) is 1.31. The van der Waals surface area contributed by atoms with Crippen molar-refractivity contribution in [2.75, 3.05) is 38.5 Å². The number of carbonyl (C=O) groups is 2. The van der Waals surface area contributed by atoms with Gasteiger partial charge < -0.3 is 15.0 Å². The van der Waals surface area contributed by atoms with Gasteiger partial charge in [-0.25, -0.2) is 0 Å². The zero-order valence-corrected chi connectivity index (χ0v) is 17.1. The number of hydrogen-bond donors (Lipinski definition) is 1. The van der Waals surface area contributed by atoms with Crippen LogP contribution in [0.1, 0.15) is 32.1 Å². The summed E-state index contributed by atoms with van der Waals surface area (Å²) < 4.78 is 40.4. The SMILES string of the molecule is CN(CC(=O)Nc1ccc(OC(F)(F)F)cc1)CC(=O)N1CC[C@@H]2CCCC[C@@H]2C1. The fourth-order valence-electron chi connectivity index (χ4n) is 4.40. The smallest absolute Gasteiger partial charge is 0.406 e. The summed E-state index contributed by atoms with van der Waals surface area (Å²) in [5, 5.41) is 2.61. The maximum atomic E-state index is 12.6. The van der Waals surface area contributed by atoms with Crippen molar-refractivity contribution >= 4 is 17.5 Å². The van der Waals surface area contributed by atoms with E-state index in [4.69, 9.17) is 0 Å². The Morgan fingerprint density at radius 2 is 1.77 bits per heavy atom. The number of piperidine rings is 1. The zero-order valence-electron chi connectivity index (χ0n) is 17.1. The normalized spacial score (nSPS) is 21.8. The molecule has 1 heterocycles. The van der Waals surface area contributed by atoms with E-state index in [1.165, 1.54) is 37.8 Å². The van der Waals surface area contributed by atoms with Gasteiger partial charge in [-0.1, -0.05) is 19.3 Å². The third kappa shape index (κ3) is 6.62. The molecule has 1 saturated carbocycles. The molecule has 30 heavy (non-hydrogen) atoms. The van der Waals surface area contributed by atoms with E-state index in [1.807, 2.05) is 4.90 Å².